The average molecular weight is 572 g/mol. The van der Waals surface area contributed by atoms with Crippen molar-refractivity contribution in [3.8, 4) is 0 Å². The number of aliphatic hydroxyl groups excluding tert-OH is 1. The molecule has 0 heterocycles. The molecule has 0 aromatic heterocycles. The van der Waals surface area contributed by atoms with E-state index >= 15 is 0 Å². The van der Waals surface area contributed by atoms with E-state index in [0.29, 0.717) is 35.7 Å². The van der Waals surface area contributed by atoms with Crippen LogP contribution in [0.15, 0.2) is 82.4 Å². The van der Waals surface area contributed by atoms with Gasteiger partial charge in [-0.25, -0.2) is 5.53 Å². The third-order valence-electron chi connectivity index (χ3n) is 7.97. The number of rotatable bonds is 9. The number of hydrogen-bond acceptors (Lipinski definition) is 6. The van der Waals surface area contributed by atoms with Crippen molar-refractivity contribution < 1.29 is 14.7 Å². The van der Waals surface area contributed by atoms with Crippen molar-refractivity contribution >= 4 is 29.1 Å². The second kappa shape index (κ2) is 13.6. The van der Waals surface area contributed by atoms with E-state index in [1.54, 1.807) is 44.4 Å². The Morgan fingerprint density at radius 3 is 2.48 bits per heavy atom. The molecule has 2 aromatic rings. The van der Waals surface area contributed by atoms with Gasteiger partial charge in [0.15, 0.2) is 0 Å². The van der Waals surface area contributed by atoms with Gasteiger partial charge in [-0.05, 0) is 61.1 Å². The summed E-state index contributed by atoms with van der Waals surface area (Å²) in [5.41, 5.74) is 15.6. The van der Waals surface area contributed by atoms with Crippen LogP contribution >= 0.6 is 0 Å². The SMILES string of the molecule is CN(C)C(=O)c1cccc(NC(O)N(CC2(C)C=CC(C(=O)N=C(N)N=N)=CC2)c2ccc(C3CCCCC3)cc2)c1. The van der Waals surface area contributed by atoms with Gasteiger partial charge in [0.1, 0.15) is 0 Å². The lowest BCUT2D eigenvalue weighted by Gasteiger charge is -2.39. The molecule has 0 bridgehead atoms. The number of allylic oxidation sites excluding steroid dienone is 1. The van der Waals surface area contributed by atoms with Gasteiger partial charge in [-0.1, -0.05) is 62.6 Å². The van der Waals surface area contributed by atoms with E-state index in [1.807, 2.05) is 17.0 Å². The first-order valence-corrected chi connectivity index (χ1v) is 14.4. The Bertz CT molecular complexity index is 1380. The number of anilines is 2. The van der Waals surface area contributed by atoms with E-state index in [2.05, 4.69) is 46.6 Å². The number of guanidine groups is 1. The molecule has 2 amide bonds. The summed E-state index contributed by atoms with van der Waals surface area (Å²) in [4.78, 5) is 31.9. The maximum Gasteiger partial charge on any atom is 0.279 e. The van der Waals surface area contributed by atoms with Crippen LogP contribution in [0.5, 0.6) is 0 Å². The number of hydrogen-bond donors (Lipinski definition) is 4. The van der Waals surface area contributed by atoms with Crippen LogP contribution < -0.4 is 16.0 Å². The summed E-state index contributed by atoms with van der Waals surface area (Å²) >= 11 is 0. The molecular formula is C32H41N7O3. The van der Waals surface area contributed by atoms with Gasteiger partial charge in [0.2, 0.25) is 12.3 Å². The molecule has 2 unspecified atom stereocenters. The molecule has 1 fully saturated rings. The van der Waals surface area contributed by atoms with E-state index in [-0.39, 0.29) is 5.91 Å². The number of nitrogens with zero attached hydrogens (tertiary/aromatic N) is 4. The van der Waals surface area contributed by atoms with Crippen LogP contribution in [0.3, 0.4) is 0 Å². The van der Waals surface area contributed by atoms with Gasteiger partial charge in [0, 0.05) is 48.6 Å². The summed E-state index contributed by atoms with van der Waals surface area (Å²) in [7, 11) is 3.40. The highest BCUT2D eigenvalue weighted by molar-refractivity contribution is 6.03. The molecule has 1 saturated carbocycles. The minimum absolute atomic E-state index is 0.122. The Hall–Kier alpha value is -4.31. The summed E-state index contributed by atoms with van der Waals surface area (Å²) in [6.07, 6.45) is 11.1. The number of carbonyl (C=O) groups is 2. The summed E-state index contributed by atoms with van der Waals surface area (Å²) in [5, 5.41) is 17.7. The molecule has 2 aromatic carbocycles. The molecule has 0 aliphatic heterocycles. The van der Waals surface area contributed by atoms with Crippen molar-refractivity contribution in [2.45, 2.75) is 57.7 Å². The van der Waals surface area contributed by atoms with Crippen molar-refractivity contribution in [1.29, 1.82) is 5.53 Å². The molecule has 0 saturated heterocycles. The Labute approximate surface area is 247 Å². The fourth-order valence-electron chi connectivity index (χ4n) is 5.55. The van der Waals surface area contributed by atoms with Gasteiger partial charge >= 0.3 is 0 Å². The zero-order valence-corrected chi connectivity index (χ0v) is 24.6. The lowest BCUT2D eigenvalue weighted by Crippen LogP contribution is -2.46. The van der Waals surface area contributed by atoms with Gasteiger partial charge in [0.05, 0.1) is 0 Å². The van der Waals surface area contributed by atoms with Gasteiger partial charge in [-0.2, -0.15) is 4.99 Å². The first-order valence-electron chi connectivity index (χ1n) is 14.4. The van der Waals surface area contributed by atoms with Gasteiger partial charge in [-0.15, -0.1) is 5.11 Å². The Balaban J connectivity index is 1.58. The molecule has 42 heavy (non-hydrogen) atoms. The highest BCUT2D eigenvalue weighted by Gasteiger charge is 2.30. The molecule has 2 aliphatic carbocycles. The molecule has 5 N–H and O–H groups in total. The molecule has 0 spiro atoms. The number of amides is 2. The standard InChI is InChI=1S/C32H41N7O3/c1-32(18-16-24(17-19-32)28(40)36-30(33)37-34)21-39(27-14-12-23(13-15-27)22-8-5-4-6-9-22)31(42)35-26-11-7-10-25(20-26)29(41)38(2)3/h7,10-18,20,22,31,34-35,42H,4-6,8-9,19,21H2,1-3H3,(H2,33,36,40). The lowest BCUT2D eigenvalue weighted by molar-refractivity contribution is -0.114. The molecule has 0 radical (unpaired) electrons. The number of nitrogens with two attached hydrogens (primary N) is 1. The topological polar surface area (TPSA) is 147 Å². The van der Waals surface area contributed by atoms with Crippen molar-refractivity contribution in [1.82, 2.24) is 4.90 Å². The van der Waals surface area contributed by atoms with Crippen LogP contribution in [-0.2, 0) is 4.79 Å². The van der Waals surface area contributed by atoms with Crippen molar-refractivity contribution in [3.05, 3.63) is 83.5 Å². The molecule has 10 heteroatoms. The van der Waals surface area contributed by atoms with Crippen molar-refractivity contribution in [2.75, 3.05) is 30.9 Å². The van der Waals surface area contributed by atoms with Crippen LogP contribution in [0.2, 0.25) is 0 Å². The van der Waals surface area contributed by atoms with Crippen molar-refractivity contribution in [3.63, 3.8) is 0 Å². The fraction of sp³-hybridized carbons (Fsp3) is 0.406. The zero-order valence-electron chi connectivity index (χ0n) is 24.6. The van der Waals surface area contributed by atoms with Crippen molar-refractivity contribution in [2.24, 2.45) is 21.3 Å². The molecular weight excluding hydrogens is 530 g/mol. The predicted octanol–water partition coefficient (Wildman–Crippen LogP) is 5.40. The summed E-state index contributed by atoms with van der Waals surface area (Å²) < 4.78 is 0. The Morgan fingerprint density at radius 1 is 1.14 bits per heavy atom. The van der Waals surface area contributed by atoms with Gasteiger partial charge in [0.25, 0.3) is 11.8 Å². The third-order valence-corrected chi connectivity index (χ3v) is 7.97. The number of aliphatic imine (C=N–C) groups is 1. The molecule has 4 rings (SSSR count). The summed E-state index contributed by atoms with van der Waals surface area (Å²) in [6.45, 7) is 2.49. The molecule has 222 valence electrons. The highest BCUT2D eigenvalue weighted by Crippen LogP contribution is 2.36. The lowest BCUT2D eigenvalue weighted by atomic mass is 9.81. The average Bonchev–Trinajstić information content (AvgIpc) is 3.00. The number of benzene rings is 2. The minimum atomic E-state index is -1.10. The third kappa shape index (κ3) is 7.70. The first-order chi connectivity index (χ1) is 20.1. The Kier molecular flexibility index (Phi) is 9.90. The van der Waals surface area contributed by atoms with E-state index < -0.39 is 23.6 Å². The normalized spacial score (nSPS) is 19.9. The second-order valence-corrected chi connectivity index (χ2v) is 11.6. The maximum atomic E-state index is 12.5. The zero-order chi connectivity index (χ0) is 30.3. The monoisotopic (exact) mass is 571 g/mol. The van der Waals surface area contributed by atoms with E-state index in [0.717, 1.165) is 5.69 Å². The smallest absolute Gasteiger partial charge is 0.279 e. The summed E-state index contributed by atoms with van der Waals surface area (Å²) in [6, 6.07) is 15.5. The van der Waals surface area contributed by atoms with E-state index in [9.17, 15) is 14.7 Å². The molecule has 10 nitrogen and oxygen atoms in total. The molecule has 2 aliphatic rings. The van der Waals surface area contributed by atoms with Gasteiger partial charge < -0.3 is 26.0 Å². The maximum absolute atomic E-state index is 12.5. The highest BCUT2D eigenvalue weighted by atomic mass is 16.3. The number of nitrogens with one attached hydrogen (secondary N) is 2. The van der Waals surface area contributed by atoms with Crippen LogP contribution in [0.1, 0.15) is 67.3 Å². The van der Waals surface area contributed by atoms with Gasteiger partial charge in [-0.3, -0.25) is 9.59 Å². The van der Waals surface area contributed by atoms with Crippen LogP contribution in [0, 0.1) is 10.9 Å². The van der Waals surface area contributed by atoms with Crippen LogP contribution in [0.4, 0.5) is 11.4 Å². The number of carbonyl (C=O) groups excluding carboxylic acids is 2. The fourth-order valence-corrected chi connectivity index (χ4v) is 5.55. The van der Waals surface area contributed by atoms with E-state index in [1.165, 1.54) is 42.6 Å². The first kappa shape index (κ1) is 30.6. The van der Waals surface area contributed by atoms with Crippen LogP contribution in [0.25, 0.3) is 0 Å². The van der Waals surface area contributed by atoms with E-state index in [4.69, 9.17) is 11.3 Å². The molecule has 2 atom stereocenters. The quantitative estimate of drug-likeness (QED) is 0.137. The number of aliphatic hydroxyl groups is 1. The predicted molar refractivity (Wildman–Crippen MR) is 165 cm³/mol. The largest absolute Gasteiger partial charge is 0.366 e. The Morgan fingerprint density at radius 2 is 1.86 bits per heavy atom. The van der Waals surface area contributed by atoms with Crippen LogP contribution in [-0.4, -0.2) is 54.8 Å². The second-order valence-electron chi connectivity index (χ2n) is 11.6. The summed E-state index contributed by atoms with van der Waals surface area (Å²) in [5.74, 6) is -0.495. The minimum Gasteiger partial charge on any atom is -0.366 e.